The average molecular weight is 376 g/mol. The van der Waals surface area contributed by atoms with Crippen LogP contribution in [0.1, 0.15) is 28.6 Å². The van der Waals surface area contributed by atoms with Crippen molar-refractivity contribution in [2.75, 3.05) is 0 Å². The Morgan fingerprint density at radius 1 is 0.793 bits per heavy atom. The quantitative estimate of drug-likeness (QED) is 0.573. The molecule has 0 saturated carbocycles. The molecule has 4 aromatic rings. The molecule has 4 rings (SSSR count). The van der Waals surface area contributed by atoms with Crippen molar-refractivity contribution < 1.29 is 5.11 Å². The van der Waals surface area contributed by atoms with E-state index in [1.807, 2.05) is 65.4 Å². The maximum atomic E-state index is 11.0. The molecule has 0 saturated heterocycles. The van der Waals surface area contributed by atoms with E-state index >= 15 is 0 Å². The summed E-state index contributed by atoms with van der Waals surface area (Å²) in [4.78, 5) is 4.70. The normalized spacial score (nSPS) is 11.4. The number of nitriles is 2. The minimum atomic E-state index is -0.918. The number of imidazole rings is 1. The van der Waals surface area contributed by atoms with Crippen molar-refractivity contribution >= 4 is 0 Å². The van der Waals surface area contributed by atoms with Gasteiger partial charge in [-0.05, 0) is 42.0 Å². The van der Waals surface area contributed by atoms with E-state index in [4.69, 9.17) is 15.5 Å². The predicted molar refractivity (Wildman–Crippen MR) is 109 cm³/mol. The van der Waals surface area contributed by atoms with Crippen LogP contribution < -0.4 is 0 Å². The summed E-state index contributed by atoms with van der Waals surface area (Å²) in [5.41, 5.74) is 4.19. The Bertz CT molecular complexity index is 1210. The fraction of sp³-hybridized carbons (Fsp3) is 0.0417. The summed E-state index contributed by atoms with van der Waals surface area (Å²) in [7, 11) is 0. The highest BCUT2D eigenvalue weighted by Gasteiger charge is 2.20. The highest BCUT2D eigenvalue weighted by Crippen LogP contribution is 2.28. The van der Waals surface area contributed by atoms with Crippen molar-refractivity contribution in [3.8, 4) is 29.1 Å². The minimum Gasteiger partial charge on any atom is -0.380 e. The smallest absolute Gasteiger partial charge is 0.147 e. The lowest BCUT2D eigenvalue weighted by molar-refractivity contribution is 0.208. The fourth-order valence-electron chi connectivity index (χ4n) is 3.13. The Balaban J connectivity index is 1.83. The number of nitrogens with zero attached hydrogens (tertiary/aromatic N) is 4. The van der Waals surface area contributed by atoms with Crippen LogP contribution in [-0.2, 0) is 0 Å². The molecule has 0 bridgehead atoms. The number of aromatic nitrogens is 2. The summed E-state index contributed by atoms with van der Waals surface area (Å²) in [6.07, 6.45) is 0.934. The van der Waals surface area contributed by atoms with Gasteiger partial charge in [-0.3, -0.25) is 0 Å². The van der Waals surface area contributed by atoms with Gasteiger partial charge >= 0.3 is 0 Å². The predicted octanol–water partition coefficient (Wildman–Crippen LogP) is 4.36. The van der Waals surface area contributed by atoms with Crippen molar-refractivity contribution in [1.29, 1.82) is 10.5 Å². The van der Waals surface area contributed by atoms with Gasteiger partial charge in [0.1, 0.15) is 11.9 Å². The molecule has 5 nitrogen and oxygen atoms in total. The standard InChI is InChI=1S/C24H16N4O/c25-14-17-6-10-19(11-7-17)22-16-28(21-12-8-18(15-26)9-13-21)24(27-22)23(29)20-4-2-1-3-5-20/h1-13,16,23,29H. The number of benzene rings is 3. The Labute approximate surface area is 168 Å². The van der Waals surface area contributed by atoms with Crippen LogP contribution in [0, 0.1) is 22.7 Å². The Kier molecular flexibility index (Phi) is 4.90. The van der Waals surface area contributed by atoms with Crippen molar-refractivity contribution in [3.05, 3.63) is 108 Å². The Hall–Kier alpha value is -4.19. The minimum absolute atomic E-state index is 0.472. The van der Waals surface area contributed by atoms with Gasteiger partial charge in [-0.25, -0.2) is 4.98 Å². The summed E-state index contributed by atoms with van der Waals surface area (Å²) >= 11 is 0. The summed E-state index contributed by atoms with van der Waals surface area (Å²) in [6.45, 7) is 0. The molecule has 1 N–H and O–H groups in total. The third-order valence-electron chi connectivity index (χ3n) is 4.68. The van der Waals surface area contributed by atoms with Gasteiger partial charge in [0.05, 0.1) is 29.0 Å². The summed E-state index contributed by atoms with van der Waals surface area (Å²) < 4.78 is 1.83. The number of aliphatic hydroxyl groups excluding tert-OH is 1. The second-order valence-corrected chi connectivity index (χ2v) is 6.52. The second kappa shape index (κ2) is 7.82. The number of aliphatic hydroxyl groups is 1. The van der Waals surface area contributed by atoms with Crippen LogP contribution in [-0.4, -0.2) is 14.7 Å². The number of hydrogen-bond donors (Lipinski definition) is 1. The van der Waals surface area contributed by atoms with Gasteiger partial charge in [0, 0.05) is 17.4 Å². The topological polar surface area (TPSA) is 85.6 Å². The molecule has 1 aromatic heterocycles. The first-order valence-electron chi connectivity index (χ1n) is 9.03. The van der Waals surface area contributed by atoms with Gasteiger partial charge in [-0.1, -0.05) is 42.5 Å². The van der Waals surface area contributed by atoms with Crippen molar-refractivity contribution in [1.82, 2.24) is 9.55 Å². The first-order valence-corrected chi connectivity index (χ1v) is 9.03. The average Bonchev–Trinajstić information content (AvgIpc) is 3.24. The monoisotopic (exact) mass is 376 g/mol. The van der Waals surface area contributed by atoms with Crippen LogP contribution in [0.25, 0.3) is 16.9 Å². The van der Waals surface area contributed by atoms with E-state index in [2.05, 4.69) is 12.1 Å². The van der Waals surface area contributed by atoms with E-state index < -0.39 is 6.10 Å². The zero-order valence-electron chi connectivity index (χ0n) is 15.4. The van der Waals surface area contributed by atoms with Gasteiger partial charge in [0.2, 0.25) is 0 Å². The number of hydrogen-bond acceptors (Lipinski definition) is 4. The van der Waals surface area contributed by atoms with Gasteiger partial charge in [-0.2, -0.15) is 10.5 Å². The third-order valence-corrected chi connectivity index (χ3v) is 4.68. The fourth-order valence-corrected chi connectivity index (χ4v) is 3.13. The summed E-state index contributed by atoms with van der Waals surface area (Å²) in [5.74, 6) is 0.472. The number of rotatable bonds is 4. The second-order valence-electron chi connectivity index (χ2n) is 6.52. The summed E-state index contributed by atoms with van der Waals surface area (Å²) in [5, 5.41) is 29.1. The van der Waals surface area contributed by atoms with Gasteiger partial charge in [0.15, 0.2) is 0 Å². The molecule has 0 aliphatic carbocycles. The molecule has 0 spiro atoms. The lowest BCUT2D eigenvalue weighted by Gasteiger charge is -2.13. The lowest BCUT2D eigenvalue weighted by Crippen LogP contribution is -2.08. The van der Waals surface area contributed by atoms with Crippen molar-refractivity contribution in [2.45, 2.75) is 6.10 Å². The molecule has 138 valence electrons. The van der Waals surface area contributed by atoms with Crippen LogP contribution >= 0.6 is 0 Å². The van der Waals surface area contributed by atoms with Crippen LogP contribution in [0.3, 0.4) is 0 Å². The molecule has 29 heavy (non-hydrogen) atoms. The van der Waals surface area contributed by atoms with Crippen molar-refractivity contribution in [2.24, 2.45) is 0 Å². The SMILES string of the molecule is N#Cc1ccc(-c2cn(-c3ccc(C#N)cc3)c(C(O)c3ccccc3)n2)cc1. The van der Waals surface area contributed by atoms with Crippen molar-refractivity contribution in [3.63, 3.8) is 0 Å². The molecule has 0 radical (unpaired) electrons. The molecule has 3 aromatic carbocycles. The van der Waals surface area contributed by atoms with E-state index in [9.17, 15) is 5.11 Å². The van der Waals surface area contributed by atoms with Crippen LogP contribution in [0.4, 0.5) is 0 Å². The van der Waals surface area contributed by atoms with Gasteiger partial charge < -0.3 is 9.67 Å². The van der Waals surface area contributed by atoms with E-state index in [0.717, 1.165) is 16.8 Å². The molecular weight excluding hydrogens is 360 g/mol. The zero-order valence-corrected chi connectivity index (χ0v) is 15.4. The highest BCUT2D eigenvalue weighted by atomic mass is 16.3. The third kappa shape index (κ3) is 3.64. The molecule has 0 aliphatic heterocycles. The summed E-state index contributed by atoms with van der Waals surface area (Å²) in [6, 6.07) is 27.8. The molecular formula is C24H16N4O. The molecule has 1 atom stereocenters. The Morgan fingerprint density at radius 2 is 1.38 bits per heavy atom. The van der Waals surface area contributed by atoms with Gasteiger partial charge in [-0.15, -0.1) is 0 Å². The Morgan fingerprint density at radius 3 is 1.97 bits per heavy atom. The molecule has 1 heterocycles. The van der Waals surface area contributed by atoms with E-state index in [0.29, 0.717) is 22.6 Å². The largest absolute Gasteiger partial charge is 0.380 e. The van der Waals surface area contributed by atoms with Crippen LogP contribution in [0.2, 0.25) is 0 Å². The van der Waals surface area contributed by atoms with E-state index in [-0.39, 0.29) is 0 Å². The molecule has 5 heteroatoms. The lowest BCUT2D eigenvalue weighted by atomic mass is 10.1. The van der Waals surface area contributed by atoms with E-state index in [1.54, 1.807) is 24.3 Å². The van der Waals surface area contributed by atoms with Crippen LogP contribution in [0.5, 0.6) is 0 Å². The first kappa shape index (κ1) is 18.2. The zero-order chi connectivity index (χ0) is 20.2. The molecule has 0 amide bonds. The maximum absolute atomic E-state index is 11.0. The molecule has 1 unspecified atom stereocenters. The first-order chi connectivity index (χ1) is 14.2. The van der Waals surface area contributed by atoms with Crippen LogP contribution in [0.15, 0.2) is 85.1 Å². The molecule has 0 fully saturated rings. The van der Waals surface area contributed by atoms with E-state index in [1.165, 1.54) is 0 Å². The van der Waals surface area contributed by atoms with Gasteiger partial charge in [0.25, 0.3) is 0 Å². The highest BCUT2D eigenvalue weighted by molar-refractivity contribution is 5.61. The maximum Gasteiger partial charge on any atom is 0.147 e. The molecule has 0 aliphatic rings.